The number of alkyl halides is 1. The van der Waals surface area contributed by atoms with Gasteiger partial charge in [-0.1, -0.05) is 18.6 Å². The first-order chi connectivity index (χ1) is 25.0. The summed E-state index contributed by atoms with van der Waals surface area (Å²) in [5.74, 6) is -2.09. The molecular formula is C37H54F3N9O3. The van der Waals surface area contributed by atoms with Crippen LogP contribution in [0.1, 0.15) is 43.2 Å². The molecule has 6 N–H and O–H groups in total. The minimum Gasteiger partial charge on any atom is -0.494 e. The summed E-state index contributed by atoms with van der Waals surface area (Å²) in [5, 5.41) is 8.60. The van der Waals surface area contributed by atoms with E-state index in [9.17, 15) is 13.6 Å². The van der Waals surface area contributed by atoms with Gasteiger partial charge in [-0.25, -0.2) is 18.7 Å². The molecule has 12 nitrogen and oxygen atoms in total. The van der Waals surface area contributed by atoms with E-state index in [1.165, 1.54) is 32.1 Å². The molecule has 15 heteroatoms. The average Bonchev–Trinajstić information content (AvgIpc) is 3.56. The lowest BCUT2D eigenvalue weighted by Crippen LogP contribution is -2.44. The topological polar surface area (TPSA) is 146 Å². The number of fused-ring (bicyclic) bond motifs is 1. The van der Waals surface area contributed by atoms with Crippen LogP contribution in [0.5, 0.6) is 17.4 Å². The number of likely N-dealkylation sites (N-methyl/N-ethyl adjacent to an activating group) is 1. The van der Waals surface area contributed by atoms with Crippen molar-refractivity contribution in [1.29, 1.82) is 0 Å². The van der Waals surface area contributed by atoms with Gasteiger partial charge in [-0.2, -0.15) is 0 Å². The molecule has 1 aliphatic heterocycles. The fourth-order valence-corrected chi connectivity index (χ4v) is 4.90. The van der Waals surface area contributed by atoms with Crippen molar-refractivity contribution in [3.05, 3.63) is 71.2 Å². The average molecular weight is 730 g/mol. The number of anilines is 3. The van der Waals surface area contributed by atoms with Gasteiger partial charge in [0.15, 0.2) is 23.2 Å². The largest absolute Gasteiger partial charge is 0.494 e. The highest BCUT2D eigenvalue weighted by Crippen LogP contribution is 2.37. The molecule has 0 spiro atoms. The van der Waals surface area contributed by atoms with E-state index < -0.39 is 23.3 Å². The number of methoxy groups -OCH3 is 1. The van der Waals surface area contributed by atoms with Gasteiger partial charge in [-0.05, 0) is 73.1 Å². The molecule has 5 rings (SSSR count). The number of nitrogens with two attached hydrogens (primary N) is 1. The van der Waals surface area contributed by atoms with Gasteiger partial charge >= 0.3 is 0 Å². The molecule has 52 heavy (non-hydrogen) atoms. The van der Waals surface area contributed by atoms with E-state index in [4.69, 9.17) is 9.47 Å². The minimum absolute atomic E-state index is 0.0287. The molecule has 3 heterocycles. The molecule has 4 aromatic rings. The number of hydrogen-bond acceptors (Lipinski definition) is 10. The van der Waals surface area contributed by atoms with Crippen molar-refractivity contribution in [2.45, 2.75) is 34.1 Å². The van der Waals surface area contributed by atoms with E-state index >= 15 is 4.39 Å². The summed E-state index contributed by atoms with van der Waals surface area (Å²) in [5.41, 5.74) is 7.78. The maximum Gasteiger partial charge on any atom is 0.260 e. The Bertz CT molecular complexity index is 1740. The Morgan fingerprint density at radius 3 is 2.29 bits per heavy atom. The van der Waals surface area contributed by atoms with Crippen LogP contribution in [-0.2, 0) is 0 Å². The third-order valence-corrected chi connectivity index (χ3v) is 7.70. The van der Waals surface area contributed by atoms with Crippen LogP contribution in [0.25, 0.3) is 10.9 Å². The highest BCUT2D eigenvalue weighted by atomic mass is 19.1. The van der Waals surface area contributed by atoms with Gasteiger partial charge in [-0.15, -0.1) is 0 Å². The SMILES string of the molecule is CC(C)=CCCF.CCNC.CN.CNC(=O)c1c(Nc2ccc(N3CCN(C)CC3)cc2OC)ncnc1Oc1cc(F)c2[nH]c(C)cc2c1F. The molecule has 0 unspecified atom stereocenters. The summed E-state index contributed by atoms with van der Waals surface area (Å²) in [6, 6.07) is 8.10. The summed E-state index contributed by atoms with van der Waals surface area (Å²) >= 11 is 0. The van der Waals surface area contributed by atoms with Gasteiger partial charge in [-0.3, -0.25) is 9.18 Å². The molecule has 0 radical (unpaired) electrons. The van der Waals surface area contributed by atoms with E-state index in [0.717, 1.165) is 44.5 Å². The lowest BCUT2D eigenvalue weighted by atomic mass is 10.2. The number of aromatic nitrogens is 3. The molecule has 286 valence electrons. The molecular weight excluding hydrogens is 675 g/mol. The minimum atomic E-state index is -0.784. The maximum absolute atomic E-state index is 15.2. The highest BCUT2D eigenvalue weighted by molar-refractivity contribution is 6.01. The van der Waals surface area contributed by atoms with Crippen LogP contribution in [0.4, 0.5) is 30.4 Å². The van der Waals surface area contributed by atoms with Crippen LogP contribution in [0, 0.1) is 18.6 Å². The Balaban J connectivity index is 0.000000622. The zero-order valence-electron chi connectivity index (χ0n) is 31.7. The fourth-order valence-electron chi connectivity index (χ4n) is 4.90. The third-order valence-electron chi connectivity index (χ3n) is 7.70. The van der Waals surface area contributed by atoms with E-state index in [1.807, 2.05) is 45.2 Å². The number of halogens is 3. The van der Waals surface area contributed by atoms with E-state index in [2.05, 4.69) is 60.4 Å². The van der Waals surface area contributed by atoms with E-state index in [-0.39, 0.29) is 34.8 Å². The number of nitrogens with zero attached hydrogens (tertiary/aromatic N) is 4. The summed E-state index contributed by atoms with van der Waals surface area (Å²) < 4.78 is 52.5. The number of amides is 1. The number of benzene rings is 2. The first-order valence-corrected chi connectivity index (χ1v) is 17.0. The number of piperazine rings is 1. The van der Waals surface area contributed by atoms with Gasteiger partial charge in [0.05, 0.1) is 25.0 Å². The number of carbonyl (C=O) groups excluding carboxylic acids is 1. The summed E-state index contributed by atoms with van der Waals surface area (Å²) in [6.07, 6.45) is 3.63. The lowest BCUT2D eigenvalue weighted by molar-refractivity contribution is 0.0960. The van der Waals surface area contributed by atoms with Crippen LogP contribution < -0.4 is 36.1 Å². The second-order valence-electron chi connectivity index (χ2n) is 11.8. The number of H-pyrrole nitrogens is 1. The number of aromatic amines is 1. The Morgan fingerprint density at radius 1 is 1.06 bits per heavy atom. The van der Waals surface area contributed by atoms with Crippen molar-refractivity contribution >= 4 is 34.0 Å². The Labute approximate surface area is 305 Å². The molecule has 1 amide bonds. The van der Waals surface area contributed by atoms with Crippen molar-refractivity contribution in [3.63, 3.8) is 0 Å². The molecule has 0 atom stereocenters. The zero-order chi connectivity index (χ0) is 38.8. The molecule has 2 aromatic carbocycles. The normalized spacial score (nSPS) is 12.3. The molecule has 0 aliphatic carbocycles. The summed E-state index contributed by atoms with van der Waals surface area (Å²) in [6.45, 7) is 12.2. The predicted molar refractivity (Wildman–Crippen MR) is 204 cm³/mol. The molecule has 0 bridgehead atoms. The third kappa shape index (κ3) is 12.1. The number of hydrogen-bond donors (Lipinski definition) is 5. The molecule has 1 saturated heterocycles. The summed E-state index contributed by atoms with van der Waals surface area (Å²) in [7, 11) is 8.51. The first-order valence-electron chi connectivity index (χ1n) is 17.0. The predicted octanol–water partition coefficient (Wildman–Crippen LogP) is 6.31. The molecule has 0 saturated carbocycles. The van der Waals surface area contributed by atoms with Gasteiger partial charge < -0.3 is 45.9 Å². The smallest absolute Gasteiger partial charge is 0.260 e. The second-order valence-corrected chi connectivity index (χ2v) is 11.8. The van der Waals surface area contributed by atoms with Crippen molar-refractivity contribution in [2.75, 3.05) is 84.9 Å². The van der Waals surface area contributed by atoms with Crippen LogP contribution >= 0.6 is 0 Å². The lowest BCUT2D eigenvalue weighted by Gasteiger charge is -2.34. The molecule has 1 fully saturated rings. The van der Waals surface area contributed by atoms with E-state index in [1.54, 1.807) is 14.0 Å². The summed E-state index contributed by atoms with van der Waals surface area (Å²) in [4.78, 5) is 28.5. The van der Waals surface area contributed by atoms with Crippen LogP contribution in [0.2, 0.25) is 0 Å². The van der Waals surface area contributed by atoms with Crippen LogP contribution in [0.3, 0.4) is 0 Å². The Kier molecular flexibility index (Phi) is 18.5. The number of rotatable bonds is 10. The monoisotopic (exact) mass is 729 g/mol. The van der Waals surface area contributed by atoms with Crippen molar-refractivity contribution < 1.29 is 27.4 Å². The zero-order valence-corrected chi connectivity index (χ0v) is 31.7. The quantitative estimate of drug-likeness (QED) is 0.118. The van der Waals surface area contributed by atoms with Gasteiger partial charge in [0.1, 0.15) is 17.6 Å². The number of allylic oxidation sites excluding steroid dienone is 2. The van der Waals surface area contributed by atoms with E-state index in [0.29, 0.717) is 23.6 Å². The molecule has 2 aromatic heterocycles. The Hall–Kier alpha value is -4.86. The van der Waals surface area contributed by atoms with Crippen LogP contribution in [0.15, 0.2) is 48.3 Å². The van der Waals surface area contributed by atoms with Crippen molar-refractivity contribution in [1.82, 2.24) is 30.5 Å². The Morgan fingerprint density at radius 2 is 1.73 bits per heavy atom. The fraction of sp³-hybridized carbons (Fsp3) is 0.432. The number of nitrogens with one attached hydrogen (secondary N) is 4. The number of ether oxygens (including phenoxy) is 2. The second kappa shape index (κ2) is 22.2. The number of aryl methyl sites for hydroxylation is 1. The van der Waals surface area contributed by atoms with Gasteiger partial charge in [0.25, 0.3) is 5.91 Å². The standard InChI is InChI=1S/C27H29F2N7O3.C6H11F.C3H9N.CH5N/c1-15-11-17-23(29)21(13-18(28)24(17)33-15)39-27-22(26(37)30-2)25(31-14-32-27)34-19-6-5-16(12-20(19)38-4)36-9-7-35(3)8-10-36;1-6(2)4-3-5-7;1-3-4-2;1-2/h5-6,11-14,33H,7-10H2,1-4H3,(H,30,37)(H,31,32,34);4H,3,5H2,1-2H3;4H,3H2,1-2H3;2H2,1H3. The maximum atomic E-state index is 15.2. The van der Waals surface area contributed by atoms with Gasteiger partial charge in [0, 0.05) is 62.1 Å². The van der Waals surface area contributed by atoms with Gasteiger partial charge in [0.2, 0.25) is 5.88 Å². The van der Waals surface area contributed by atoms with Crippen molar-refractivity contribution in [3.8, 4) is 17.4 Å². The van der Waals surface area contributed by atoms with Crippen molar-refractivity contribution in [2.24, 2.45) is 5.73 Å². The number of carbonyl (C=O) groups is 1. The van der Waals surface area contributed by atoms with Crippen LogP contribution in [-0.4, -0.2) is 100 Å². The highest BCUT2D eigenvalue weighted by Gasteiger charge is 2.24. The molecule has 1 aliphatic rings. The first kappa shape index (κ1) is 43.3.